The lowest BCUT2D eigenvalue weighted by Crippen LogP contribution is -2.43. The molecule has 0 aromatic carbocycles. The Labute approximate surface area is 249 Å². The first kappa shape index (κ1) is 38.4. The molecule has 0 aromatic rings. The largest absolute Gasteiger partial charge is 0.411 e. The van der Waals surface area contributed by atoms with Crippen LogP contribution in [0.4, 0.5) is 0 Å². The van der Waals surface area contributed by atoms with Gasteiger partial charge in [-0.15, -0.1) is 11.1 Å². The highest BCUT2D eigenvalue weighted by atomic mass is 28.4. The lowest BCUT2D eigenvalue weighted by Gasteiger charge is -2.38. The summed E-state index contributed by atoms with van der Waals surface area (Å²) in [5, 5.41) is 0.270. The van der Waals surface area contributed by atoms with Gasteiger partial charge in [0, 0.05) is 0 Å². The third-order valence-electron chi connectivity index (χ3n) is 8.95. The molecule has 224 valence electrons. The van der Waals surface area contributed by atoms with Crippen molar-refractivity contribution in [1.29, 1.82) is 0 Å². The summed E-state index contributed by atoms with van der Waals surface area (Å²) in [6.45, 7) is 44.9. The fraction of sp³-hybridized carbons (Fsp3) is 0.788. The minimum absolute atomic E-state index is 0.132. The molecule has 0 unspecified atom stereocenters. The smallest absolute Gasteiger partial charge is 0.192 e. The average Bonchev–Trinajstić information content (AvgIpc) is 2.70. The third-order valence-corrected chi connectivity index (χ3v) is 25.1. The van der Waals surface area contributed by atoms with Gasteiger partial charge < -0.3 is 8.85 Å². The first-order valence-electron chi connectivity index (χ1n) is 15.0. The van der Waals surface area contributed by atoms with Crippen molar-refractivity contribution in [2.75, 3.05) is 13.2 Å². The Morgan fingerprint density at radius 3 is 1.13 bits per heavy atom. The van der Waals surface area contributed by atoms with Crippen LogP contribution < -0.4 is 0 Å². The molecule has 0 fully saturated rings. The second-order valence-corrected chi connectivity index (χ2v) is 36.3. The van der Waals surface area contributed by atoms with Crippen LogP contribution in [-0.2, 0) is 8.85 Å². The van der Waals surface area contributed by atoms with Crippen molar-refractivity contribution >= 4 is 32.8 Å². The fourth-order valence-corrected chi connectivity index (χ4v) is 11.8. The first-order valence-corrected chi connectivity index (χ1v) is 26.6. The Balaban J connectivity index is 7.23. The Hall–Kier alpha value is -0.572. The van der Waals surface area contributed by atoms with Gasteiger partial charge in [-0.1, -0.05) is 120 Å². The van der Waals surface area contributed by atoms with Crippen molar-refractivity contribution in [1.82, 2.24) is 0 Å². The van der Waals surface area contributed by atoms with Crippen molar-refractivity contribution in [2.24, 2.45) is 0 Å². The molecule has 0 bridgehead atoms. The van der Waals surface area contributed by atoms with Gasteiger partial charge in [-0.25, -0.2) is 0 Å². The van der Waals surface area contributed by atoms with Gasteiger partial charge in [0.2, 0.25) is 0 Å². The number of rotatable bonds is 9. The molecule has 0 atom stereocenters. The monoisotopic (exact) mass is 604 g/mol. The van der Waals surface area contributed by atoms with Crippen molar-refractivity contribution in [3.05, 3.63) is 16.9 Å². The van der Waals surface area contributed by atoms with E-state index in [9.17, 15) is 0 Å². The molecular formula is C33H64O2Si4. The van der Waals surface area contributed by atoms with Gasteiger partial charge >= 0.3 is 0 Å². The van der Waals surface area contributed by atoms with Crippen LogP contribution in [0.25, 0.3) is 0 Å². The molecule has 0 heterocycles. The molecule has 0 rings (SSSR count). The maximum Gasteiger partial charge on any atom is 0.192 e. The van der Waals surface area contributed by atoms with Gasteiger partial charge in [0.25, 0.3) is 0 Å². The van der Waals surface area contributed by atoms with E-state index in [1.54, 1.807) is 0 Å². The molecule has 0 aliphatic heterocycles. The molecule has 0 aromatic heterocycles. The van der Waals surface area contributed by atoms with Gasteiger partial charge in [-0.2, -0.15) is 0 Å². The summed E-state index contributed by atoms with van der Waals surface area (Å²) in [5.74, 6) is 7.18. The topological polar surface area (TPSA) is 18.5 Å². The molecule has 2 nitrogen and oxygen atoms in total. The van der Waals surface area contributed by atoms with Crippen molar-refractivity contribution in [3.8, 4) is 22.9 Å². The van der Waals surface area contributed by atoms with Crippen LogP contribution in [0.15, 0.2) is 16.9 Å². The molecule has 0 amide bonds. The van der Waals surface area contributed by atoms with Crippen molar-refractivity contribution in [2.45, 2.75) is 156 Å². The van der Waals surface area contributed by atoms with Crippen LogP contribution in [0.5, 0.6) is 0 Å². The van der Waals surface area contributed by atoms with E-state index in [1.165, 1.54) is 0 Å². The number of hydrogen-bond donors (Lipinski definition) is 0. The second-order valence-electron chi connectivity index (χ2n) is 16.3. The van der Waals surface area contributed by atoms with E-state index in [0.717, 1.165) is 11.1 Å². The van der Waals surface area contributed by atoms with Crippen LogP contribution in [0.1, 0.15) is 83.1 Å². The zero-order valence-corrected chi connectivity index (χ0v) is 33.5. The summed E-state index contributed by atoms with van der Waals surface area (Å²) < 4.78 is 13.4. The van der Waals surface area contributed by atoms with Gasteiger partial charge in [0.15, 0.2) is 16.6 Å². The van der Waals surface area contributed by atoms with E-state index in [0.29, 0.717) is 29.8 Å². The highest BCUT2D eigenvalue weighted by molar-refractivity contribution is 6.90. The van der Waals surface area contributed by atoms with E-state index in [2.05, 4.69) is 158 Å². The standard InChI is InChI=1S/C33H64O2Si4/c1-27(2)39(28(3)4,29(5)6)23-21-31(26-35-38(18,19)33(10,11)12)24-30(20-22-36(13,14)15)25-34-37(16,17)32(7,8)9/h27-29H,25-26H2,1-19H3. The molecule has 0 aliphatic rings. The molecule has 0 radical (unpaired) electrons. The Kier molecular flexibility index (Phi) is 13.9. The van der Waals surface area contributed by atoms with Gasteiger partial charge in [0.1, 0.15) is 16.1 Å². The summed E-state index contributed by atoms with van der Waals surface area (Å²) in [5.41, 5.74) is 14.7. The maximum atomic E-state index is 6.72. The SMILES string of the molecule is CC(C)[Si](C#CC(=C=C(C#C[Si](C)(C)C)CO[Si](C)(C)C(C)(C)C)CO[Si](C)(C)C(C)(C)C)(C(C)C)C(C)C. The van der Waals surface area contributed by atoms with E-state index < -0.39 is 32.8 Å². The van der Waals surface area contributed by atoms with Gasteiger partial charge in [-0.3, -0.25) is 0 Å². The molecule has 0 aliphatic carbocycles. The molecule has 0 saturated carbocycles. The van der Waals surface area contributed by atoms with E-state index >= 15 is 0 Å². The van der Waals surface area contributed by atoms with E-state index in [1.807, 2.05) is 0 Å². The van der Waals surface area contributed by atoms with E-state index in [4.69, 9.17) is 8.85 Å². The van der Waals surface area contributed by atoms with Crippen LogP contribution >= 0.6 is 0 Å². The van der Waals surface area contributed by atoms with Crippen molar-refractivity contribution in [3.63, 3.8) is 0 Å². The van der Waals surface area contributed by atoms with Gasteiger partial charge in [0.05, 0.1) is 24.4 Å². The second kappa shape index (κ2) is 14.1. The minimum Gasteiger partial charge on any atom is -0.411 e. The highest BCUT2D eigenvalue weighted by Gasteiger charge is 2.42. The lowest BCUT2D eigenvalue weighted by molar-refractivity contribution is 0.319. The zero-order valence-electron chi connectivity index (χ0n) is 29.5. The predicted octanol–water partition coefficient (Wildman–Crippen LogP) is 10.6. The van der Waals surface area contributed by atoms with E-state index in [-0.39, 0.29) is 10.1 Å². The molecule has 0 spiro atoms. The van der Waals surface area contributed by atoms with Crippen LogP contribution in [-0.4, -0.2) is 46.0 Å². The molecule has 0 saturated heterocycles. The first-order chi connectivity index (χ1) is 17.2. The molecule has 39 heavy (non-hydrogen) atoms. The summed E-state index contributed by atoms with van der Waals surface area (Å²) in [7, 11) is -7.38. The minimum atomic E-state index is -1.96. The molecular weight excluding hydrogens is 541 g/mol. The lowest BCUT2D eigenvalue weighted by atomic mass is 10.2. The van der Waals surface area contributed by atoms with Gasteiger partial charge in [-0.05, 0) is 52.9 Å². The summed E-state index contributed by atoms with van der Waals surface area (Å²) in [4.78, 5) is 0. The predicted molar refractivity (Wildman–Crippen MR) is 187 cm³/mol. The molecule has 0 N–H and O–H groups in total. The zero-order chi connectivity index (χ0) is 31.3. The van der Waals surface area contributed by atoms with Crippen molar-refractivity contribution < 1.29 is 8.85 Å². The maximum absolute atomic E-state index is 6.72. The number of hydrogen-bond acceptors (Lipinski definition) is 2. The Morgan fingerprint density at radius 1 is 0.564 bits per heavy atom. The third kappa shape index (κ3) is 11.7. The van der Waals surface area contributed by atoms with Crippen LogP contribution in [0.3, 0.4) is 0 Å². The quantitative estimate of drug-likeness (QED) is 0.148. The van der Waals surface area contributed by atoms with Crippen LogP contribution in [0.2, 0.25) is 72.5 Å². The average molecular weight is 605 g/mol. The summed E-state index contributed by atoms with van der Waals surface area (Å²) >= 11 is 0. The normalized spacial score (nSPS) is 13.6. The fourth-order valence-electron chi connectivity index (χ4n) is 4.21. The van der Waals surface area contributed by atoms with Crippen LogP contribution in [0, 0.1) is 22.9 Å². The Morgan fingerprint density at radius 2 is 0.872 bits per heavy atom. The summed E-state index contributed by atoms with van der Waals surface area (Å²) in [6, 6.07) is 0. The highest BCUT2D eigenvalue weighted by Crippen LogP contribution is 2.41. The Bertz CT molecular complexity index is 977. The summed E-state index contributed by atoms with van der Waals surface area (Å²) in [6.07, 6.45) is 0. The molecule has 6 heteroatoms.